The van der Waals surface area contributed by atoms with Crippen molar-refractivity contribution in [2.75, 3.05) is 11.1 Å². The normalized spacial score (nSPS) is 10.3. The van der Waals surface area contributed by atoms with Gasteiger partial charge in [-0.05, 0) is 23.8 Å². The standard InChI is InChI=1S/C15H13BrClNOS/c16-12-6-7-14(13(17)8-12)18-15(19)10-20-9-11-4-2-1-3-5-11/h1-8H,9-10H2,(H,18,19). The molecular formula is C15H13BrClNOS. The highest BCUT2D eigenvalue weighted by atomic mass is 79.9. The lowest BCUT2D eigenvalue weighted by Gasteiger charge is -2.07. The summed E-state index contributed by atoms with van der Waals surface area (Å²) in [6.07, 6.45) is 0. The van der Waals surface area contributed by atoms with Crippen molar-refractivity contribution in [3.05, 3.63) is 63.6 Å². The average molecular weight is 371 g/mol. The van der Waals surface area contributed by atoms with Crippen LogP contribution in [0.5, 0.6) is 0 Å². The van der Waals surface area contributed by atoms with E-state index in [-0.39, 0.29) is 5.91 Å². The van der Waals surface area contributed by atoms with Crippen LogP contribution in [0.2, 0.25) is 5.02 Å². The van der Waals surface area contributed by atoms with Gasteiger partial charge in [0.05, 0.1) is 16.5 Å². The van der Waals surface area contributed by atoms with Crippen molar-refractivity contribution in [1.29, 1.82) is 0 Å². The number of rotatable bonds is 5. The third-order valence-electron chi connectivity index (χ3n) is 2.55. The van der Waals surface area contributed by atoms with Crippen LogP contribution in [-0.2, 0) is 10.5 Å². The van der Waals surface area contributed by atoms with Gasteiger partial charge in [-0.1, -0.05) is 57.9 Å². The first-order chi connectivity index (χ1) is 9.65. The van der Waals surface area contributed by atoms with Crippen molar-refractivity contribution in [3.63, 3.8) is 0 Å². The van der Waals surface area contributed by atoms with Gasteiger partial charge < -0.3 is 5.32 Å². The van der Waals surface area contributed by atoms with Crippen LogP contribution in [0.4, 0.5) is 5.69 Å². The Morgan fingerprint density at radius 2 is 1.95 bits per heavy atom. The average Bonchev–Trinajstić information content (AvgIpc) is 2.43. The van der Waals surface area contributed by atoms with Gasteiger partial charge in [-0.15, -0.1) is 11.8 Å². The Hall–Kier alpha value is -0.970. The molecule has 0 heterocycles. The molecule has 0 radical (unpaired) electrons. The van der Waals surface area contributed by atoms with Gasteiger partial charge in [0.2, 0.25) is 5.91 Å². The summed E-state index contributed by atoms with van der Waals surface area (Å²) in [5.41, 5.74) is 1.85. The molecule has 5 heteroatoms. The fourth-order valence-corrected chi connectivity index (χ4v) is 3.12. The van der Waals surface area contributed by atoms with Crippen LogP contribution in [-0.4, -0.2) is 11.7 Å². The molecule has 0 saturated carbocycles. The summed E-state index contributed by atoms with van der Waals surface area (Å²) in [5, 5.41) is 3.34. The smallest absolute Gasteiger partial charge is 0.234 e. The molecule has 0 fully saturated rings. The van der Waals surface area contributed by atoms with Crippen LogP contribution in [0.25, 0.3) is 0 Å². The maximum atomic E-state index is 11.8. The number of hydrogen-bond donors (Lipinski definition) is 1. The number of carbonyl (C=O) groups excluding carboxylic acids is 1. The van der Waals surface area contributed by atoms with Crippen LogP contribution in [0, 0.1) is 0 Å². The number of halogens is 2. The minimum Gasteiger partial charge on any atom is -0.324 e. The van der Waals surface area contributed by atoms with Gasteiger partial charge in [0.15, 0.2) is 0 Å². The molecule has 0 bridgehead atoms. The molecule has 0 atom stereocenters. The second-order valence-electron chi connectivity index (χ2n) is 4.15. The molecular weight excluding hydrogens is 358 g/mol. The molecule has 0 unspecified atom stereocenters. The molecule has 0 aliphatic carbocycles. The Labute approximate surface area is 136 Å². The van der Waals surface area contributed by atoms with Crippen LogP contribution in [0.1, 0.15) is 5.56 Å². The van der Waals surface area contributed by atoms with E-state index in [1.165, 1.54) is 5.56 Å². The van der Waals surface area contributed by atoms with Crippen molar-refractivity contribution in [2.45, 2.75) is 5.75 Å². The molecule has 2 aromatic rings. The van der Waals surface area contributed by atoms with E-state index in [0.29, 0.717) is 16.5 Å². The third-order valence-corrected chi connectivity index (χ3v) is 4.36. The summed E-state index contributed by atoms with van der Waals surface area (Å²) in [4.78, 5) is 11.8. The Kier molecular flexibility index (Phi) is 5.95. The summed E-state index contributed by atoms with van der Waals surface area (Å²) in [7, 11) is 0. The number of carbonyl (C=O) groups is 1. The first-order valence-electron chi connectivity index (χ1n) is 6.02. The maximum Gasteiger partial charge on any atom is 0.234 e. The van der Waals surface area contributed by atoms with E-state index in [9.17, 15) is 4.79 Å². The predicted molar refractivity (Wildman–Crippen MR) is 90.4 cm³/mol. The zero-order chi connectivity index (χ0) is 14.4. The fraction of sp³-hybridized carbons (Fsp3) is 0.133. The number of hydrogen-bond acceptors (Lipinski definition) is 2. The topological polar surface area (TPSA) is 29.1 Å². The molecule has 104 valence electrons. The highest BCUT2D eigenvalue weighted by molar-refractivity contribution is 9.10. The van der Waals surface area contributed by atoms with Gasteiger partial charge in [0.1, 0.15) is 0 Å². The highest BCUT2D eigenvalue weighted by Crippen LogP contribution is 2.25. The summed E-state index contributed by atoms with van der Waals surface area (Å²) in [6.45, 7) is 0. The second kappa shape index (κ2) is 7.72. The molecule has 0 aliphatic rings. The molecule has 2 aromatic carbocycles. The van der Waals surface area contributed by atoms with Gasteiger partial charge in [-0.25, -0.2) is 0 Å². The van der Waals surface area contributed by atoms with Crippen molar-refractivity contribution in [2.24, 2.45) is 0 Å². The number of thioether (sulfide) groups is 1. The Balaban J connectivity index is 1.81. The first kappa shape index (κ1) is 15.4. The minimum absolute atomic E-state index is 0.0462. The SMILES string of the molecule is O=C(CSCc1ccccc1)Nc1ccc(Br)cc1Cl. The third kappa shape index (κ3) is 4.85. The molecule has 20 heavy (non-hydrogen) atoms. The molecule has 0 spiro atoms. The highest BCUT2D eigenvalue weighted by Gasteiger charge is 2.06. The Bertz CT molecular complexity index is 592. The lowest BCUT2D eigenvalue weighted by atomic mass is 10.2. The lowest BCUT2D eigenvalue weighted by molar-refractivity contribution is -0.113. The number of nitrogens with one attached hydrogen (secondary N) is 1. The zero-order valence-electron chi connectivity index (χ0n) is 10.6. The predicted octanol–water partition coefficient (Wildman–Crippen LogP) is 4.97. The van der Waals surface area contributed by atoms with Gasteiger partial charge in [-0.3, -0.25) is 4.79 Å². The van der Waals surface area contributed by atoms with Gasteiger partial charge in [-0.2, -0.15) is 0 Å². The molecule has 2 rings (SSSR count). The van der Waals surface area contributed by atoms with Crippen LogP contribution in [0.15, 0.2) is 53.0 Å². The van der Waals surface area contributed by atoms with Gasteiger partial charge >= 0.3 is 0 Å². The fourth-order valence-electron chi connectivity index (χ4n) is 1.61. The summed E-state index contributed by atoms with van der Waals surface area (Å²) < 4.78 is 0.888. The Morgan fingerprint density at radius 3 is 2.65 bits per heavy atom. The summed E-state index contributed by atoms with van der Waals surface area (Å²) in [6, 6.07) is 15.5. The van der Waals surface area contributed by atoms with E-state index in [2.05, 4.69) is 33.4 Å². The molecule has 0 aliphatic heterocycles. The van der Waals surface area contributed by atoms with Crippen molar-refractivity contribution < 1.29 is 4.79 Å². The first-order valence-corrected chi connectivity index (χ1v) is 8.34. The Morgan fingerprint density at radius 1 is 1.20 bits per heavy atom. The van der Waals surface area contributed by atoms with Crippen molar-refractivity contribution in [1.82, 2.24) is 0 Å². The number of amides is 1. The molecule has 2 nitrogen and oxygen atoms in total. The summed E-state index contributed by atoms with van der Waals surface area (Å²) >= 11 is 11.0. The van der Waals surface area contributed by atoms with E-state index in [0.717, 1.165) is 10.2 Å². The molecule has 1 N–H and O–H groups in total. The minimum atomic E-state index is -0.0462. The van der Waals surface area contributed by atoms with E-state index in [1.54, 1.807) is 23.9 Å². The van der Waals surface area contributed by atoms with E-state index in [1.807, 2.05) is 24.3 Å². The molecule has 0 saturated heterocycles. The number of anilines is 1. The van der Waals surface area contributed by atoms with Gasteiger partial charge in [0, 0.05) is 10.2 Å². The van der Waals surface area contributed by atoms with Crippen LogP contribution < -0.4 is 5.32 Å². The van der Waals surface area contributed by atoms with Crippen LogP contribution in [0.3, 0.4) is 0 Å². The molecule has 1 amide bonds. The molecule has 0 aromatic heterocycles. The number of benzene rings is 2. The monoisotopic (exact) mass is 369 g/mol. The van der Waals surface area contributed by atoms with E-state index in [4.69, 9.17) is 11.6 Å². The lowest BCUT2D eigenvalue weighted by Crippen LogP contribution is -2.14. The van der Waals surface area contributed by atoms with Crippen molar-refractivity contribution in [3.8, 4) is 0 Å². The zero-order valence-corrected chi connectivity index (χ0v) is 13.8. The van der Waals surface area contributed by atoms with Gasteiger partial charge in [0.25, 0.3) is 0 Å². The van der Waals surface area contributed by atoms with E-state index < -0.39 is 0 Å². The largest absolute Gasteiger partial charge is 0.324 e. The van der Waals surface area contributed by atoms with E-state index >= 15 is 0 Å². The summed E-state index contributed by atoms with van der Waals surface area (Å²) in [5.74, 6) is 1.18. The van der Waals surface area contributed by atoms with Crippen LogP contribution >= 0.6 is 39.3 Å². The maximum absolute atomic E-state index is 11.8. The van der Waals surface area contributed by atoms with Crippen molar-refractivity contribution >= 4 is 50.9 Å². The second-order valence-corrected chi connectivity index (χ2v) is 6.46. The quantitative estimate of drug-likeness (QED) is 0.804.